The molecule has 0 saturated carbocycles. The van der Waals surface area contributed by atoms with E-state index < -0.39 is 0 Å². The molecule has 0 aromatic carbocycles. The molecule has 1 aromatic rings. The lowest BCUT2D eigenvalue weighted by Gasteiger charge is -2.01. The molecule has 0 bridgehead atoms. The van der Waals surface area contributed by atoms with Crippen molar-refractivity contribution in [1.29, 1.82) is 0 Å². The van der Waals surface area contributed by atoms with Gasteiger partial charge in [0.15, 0.2) is 0 Å². The molecule has 0 saturated heterocycles. The first kappa shape index (κ1) is 9.44. The first-order valence-electron chi connectivity index (χ1n) is 3.97. The van der Waals surface area contributed by atoms with Crippen molar-refractivity contribution in [3.63, 3.8) is 0 Å². The molecule has 0 atom stereocenters. The Hall–Kier alpha value is -1.65. The zero-order valence-electron chi connectivity index (χ0n) is 7.36. The summed E-state index contributed by atoms with van der Waals surface area (Å²) in [5.41, 5.74) is -0.189. The van der Waals surface area contributed by atoms with E-state index in [0.717, 1.165) is 0 Å². The van der Waals surface area contributed by atoms with Crippen LogP contribution >= 0.6 is 0 Å². The number of carbonyl (C=O) groups is 1. The summed E-state index contributed by atoms with van der Waals surface area (Å²) in [6, 6.07) is 2.98. The molecule has 1 N–H and O–H groups in total. The standard InChI is InChI=1S/C8H11N3O2/c1-9-7(12)4-6-11-8(13)3-2-5-10-11/h2-3,5H,4,6H2,1H3,(H,9,12). The fourth-order valence-corrected chi connectivity index (χ4v) is 0.888. The summed E-state index contributed by atoms with van der Waals surface area (Å²) in [5, 5.41) is 6.28. The SMILES string of the molecule is CNC(=O)CCn1ncccc1=O. The Morgan fingerprint density at radius 2 is 2.46 bits per heavy atom. The molecule has 1 aromatic heterocycles. The second kappa shape index (κ2) is 4.39. The van der Waals surface area contributed by atoms with Crippen molar-refractivity contribution in [3.05, 3.63) is 28.7 Å². The Bertz CT molecular complexity index is 345. The van der Waals surface area contributed by atoms with Crippen molar-refractivity contribution in [2.24, 2.45) is 0 Å². The van der Waals surface area contributed by atoms with Gasteiger partial charge in [0.2, 0.25) is 5.91 Å². The monoisotopic (exact) mass is 181 g/mol. The Morgan fingerprint density at radius 1 is 1.69 bits per heavy atom. The molecular weight excluding hydrogens is 170 g/mol. The van der Waals surface area contributed by atoms with Gasteiger partial charge in [0.1, 0.15) is 0 Å². The molecule has 0 unspecified atom stereocenters. The third-order valence-corrected chi connectivity index (χ3v) is 1.61. The second-order valence-electron chi connectivity index (χ2n) is 2.51. The largest absolute Gasteiger partial charge is 0.359 e. The van der Waals surface area contributed by atoms with E-state index in [4.69, 9.17) is 0 Å². The van der Waals surface area contributed by atoms with Crippen molar-refractivity contribution >= 4 is 5.91 Å². The lowest BCUT2D eigenvalue weighted by molar-refractivity contribution is -0.120. The molecule has 0 aliphatic rings. The van der Waals surface area contributed by atoms with E-state index in [0.29, 0.717) is 6.54 Å². The molecule has 70 valence electrons. The van der Waals surface area contributed by atoms with Crippen LogP contribution in [0, 0.1) is 0 Å². The molecule has 0 fully saturated rings. The highest BCUT2D eigenvalue weighted by molar-refractivity contribution is 5.75. The summed E-state index contributed by atoms with van der Waals surface area (Å²) in [7, 11) is 1.56. The molecule has 13 heavy (non-hydrogen) atoms. The van der Waals surface area contributed by atoms with Crippen LogP contribution in [0.25, 0.3) is 0 Å². The van der Waals surface area contributed by atoms with Crippen LogP contribution in [-0.4, -0.2) is 22.7 Å². The van der Waals surface area contributed by atoms with Crippen LogP contribution in [-0.2, 0) is 11.3 Å². The van der Waals surface area contributed by atoms with Crippen LogP contribution in [0.4, 0.5) is 0 Å². The van der Waals surface area contributed by atoms with E-state index in [-0.39, 0.29) is 17.9 Å². The van der Waals surface area contributed by atoms with E-state index >= 15 is 0 Å². The zero-order valence-corrected chi connectivity index (χ0v) is 7.36. The van der Waals surface area contributed by atoms with Crippen LogP contribution in [0.5, 0.6) is 0 Å². The number of hydrogen-bond donors (Lipinski definition) is 1. The van der Waals surface area contributed by atoms with Gasteiger partial charge in [0, 0.05) is 25.7 Å². The summed E-state index contributed by atoms with van der Waals surface area (Å²) >= 11 is 0. The Kier molecular flexibility index (Phi) is 3.19. The summed E-state index contributed by atoms with van der Waals surface area (Å²) < 4.78 is 1.26. The van der Waals surface area contributed by atoms with Gasteiger partial charge < -0.3 is 5.32 Å². The predicted molar refractivity (Wildman–Crippen MR) is 47.2 cm³/mol. The van der Waals surface area contributed by atoms with Crippen molar-refractivity contribution in [2.75, 3.05) is 7.05 Å². The number of nitrogens with one attached hydrogen (secondary N) is 1. The molecular formula is C8H11N3O2. The Morgan fingerprint density at radius 3 is 3.08 bits per heavy atom. The summed E-state index contributed by atoms with van der Waals surface area (Å²) in [4.78, 5) is 21.9. The van der Waals surface area contributed by atoms with Crippen molar-refractivity contribution < 1.29 is 4.79 Å². The number of nitrogens with zero attached hydrogens (tertiary/aromatic N) is 2. The second-order valence-corrected chi connectivity index (χ2v) is 2.51. The molecule has 1 rings (SSSR count). The van der Waals surface area contributed by atoms with Crippen molar-refractivity contribution in [2.45, 2.75) is 13.0 Å². The summed E-state index contributed by atoms with van der Waals surface area (Å²) in [6.45, 7) is 0.319. The van der Waals surface area contributed by atoms with E-state index in [1.165, 1.54) is 16.9 Å². The highest BCUT2D eigenvalue weighted by Crippen LogP contribution is 1.83. The van der Waals surface area contributed by atoms with Crippen LogP contribution in [0.2, 0.25) is 0 Å². The Balaban J connectivity index is 2.60. The number of aryl methyl sites for hydroxylation is 1. The van der Waals surface area contributed by atoms with Crippen LogP contribution in [0.1, 0.15) is 6.42 Å². The number of aromatic nitrogens is 2. The predicted octanol–water partition coefficient (Wildman–Crippen LogP) is -0.621. The smallest absolute Gasteiger partial charge is 0.266 e. The average Bonchev–Trinajstić information content (AvgIpc) is 2.16. The van der Waals surface area contributed by atoms with Gasteiger partial charge in [-0.15, -0.1) is 0 Å². The molecule has 0 aliphatic heterocycles. The van der Waals surface area contributed by atoms with Gasteiger partial charge in [0.05, 0.1) is 6.54 Å². The van der Waals surface area contributed by atoms with Gasteiger partial charge in [0.25, 0.3) is 5.56 Å². The third-order valence-electron chi connectivity index (χ3n) is 1.61. The molecule has 0 radical (unpaired) electrons. The van der Waals surface area contributed by atoms with Crippen molar-refractivity contribution in [1.82, 2.24) is 15.1 Å². The van der Waals surface area contributed by atoms with Gasteiger partial charge in [-0.2, -0.15) is 5.10 Å². The average molecular weight is 181 g/mol. The lowest BCUT2D eigenvalue weighted by atomic mass is 10.4. The minimum Gasteiger partial charge on any atom is -0.359 e. The molecule has 0 spiro atoms. The molecule has 1 heterocycles. The topological polar surface area (TPSA) is 64.0 Å². The van der Waals surface area contributed by atoms with Crippen LogP contribution < -0.4 is 10.9 Å². The summed E-state index contributed by atoms with van der Waals surface area (Å²) in [5.74, 6) is -0.0995. The van der Waals surface area contributed by atoms with Gasteiger partial charge in [-0.1, -0.05) is 0 Å². The third kappa shape index (κ3) is 2.70. The molecule has 1 amide bonds. The van der Waals surface area contributed by atoms with Gasteiger partial charge in [-0.3, -0.25) is 9.59 Å². The lowest BCUT2D eigenvalue weighted by Crippen LogP contribution is -2.25. The highest BCUT2D eigenvalue weighted by atomic mass is 16.1. The minimum atomic E-state index is -0.189. The molecule has 5 heteroatoms. The quantitative estimate of drug-likeness (QED) is 0.675. The maximum absolute atomic E-state index is 11.1. The van der Waals surface area contributed by atoms with E-state index in [2.05, 4.69) is 10.4 Å². The van der Waals surface area contributed by atoms with Crippen LogP contribution in [0.3, 0.4) is 0 Å². The highest BCUT2D eigenvalue weighted by Gasteiger charge is 1.99. The maximum atomic E-state index is 11.1. The van der Waals surface area contributed by atoms with E-state index in [9.17, 15) is 9.59 Å². The Labute approximate surface area is 75.4 Å². The zero-order chi connectivity index (χ0) is 9.68. The van der Waals surface area contributed by atoms with Crippen molar-refractivity contribution in [3.8, 4) is 0 Å². The van der Waals surface area contributed by atoms with E-state index in [1.54, 1.807) is 13.1 Å². The normalized spacial score (nSPS) is 9.62. The number of amides is 1. The van der Waals surface area contributed by atoms with Gasteiger partial charge in [-0.25, -0.2) is 4.68 Å². The maximum Gasteiger partial charge on any atom is 0.266 e. The van der Waals surface area contributed by atoms with Gasteiger partial charge >= 0.3 is 0 Å². The van der Waals surface area contributed by atoms with Gasteiger partial charge in [-0.05, 0) is 6.07 Å². The molecule has 5 nitrogen and oxygen atoms in total. The first-order chi connectivity index (χ1) is 6.24. The first-order valence-corrected chi connectivity index (χ1v) is 3.97. The number of rotatable bonds is 3. The molecule has 0 aliphatic carbocycles. The van der Waals surface area contributed by atoms with E-state index in [1.807, 2.05) is 0 Å². The fourth-order valence-electron chi connectivity index (χ4n) is 0.888. The fraction of sp³-hybridized carbons (Fsp3) is 0.375. The minimum absolute atomic E-state index is 0.0995. The summed E-state index contributed by atoms with van der Waals surface area (Å²) in [6.07, 6.45) is 1.79. The number of carbonyl (C=O) groups excluding carboxylic acids is 1. The number of hydrogen-bond acceptors (Lipinski definition) is 3. The van der Waals surface area contributed by atoms with Crippen LogP contribution in [0.15, 0.2) is 23.1 Å².